The molecule has 4 heteroatoms. The topological polar surface area (TPSA) is 60.2 Å². The van der Waals surface area contributed by atoms with Crippen LogP contribution < -0.4 is 0 Å². The van der Waals surface area contributed by atoms with Crippen molar-refractivity contribution >= 4 is 6.29 Å². The molecule has 1 saturated carbocycles. The average Bonchev–Trinajstić information content (AvgIpc) is 2.34. The van der Waals surface area contributed by atoms with Crippen LogP contribution in [0.2, 0.25) is 0 Å². The number of aldehydes is 1. The molecule has 11 heavy (non-hydrogen) atoms. The maximum absolute atomic E-state index is 10.4. The Hall–Kier alpha value is -0.930. The van der Waals surface area contributed by atoms with Crippen molar-refractivity contribution in [3.63, 3.8) is 0 Å². The van der Waals surface area contributed by atoms with Crippen LogP contribution in [0.1, 0.15) is 19.3 Å². The lowest BCUT2D eigenvalue weighted by Crippen LogP contribution is -2.18. The van der Waals surface area contributed by atoms with Gasteiger partial charge in [0.15, 0.2) is 0 Å². The highest BCUT2D eigenvalue weighted by Gasteiger charge is 2.30. The Labute approximate surface area is 64.7 Å². The molecule has 0 aromatic rings. The zero-order valence-corrected chi connectivity index (χ0v) is 6.23. The van der Waals surface area contributed by atoms with Crippen LogP contribution in [-0.2, 0) is 4.79 Å². The summed E-state index contributed by atoms with van der Waals surface area (Å²) < 4.78 is 0. The summed E-state index contributed by atoms with van der Waals surface area (Å²) in [4.78, 5) is 20.2. The molecule has 0 saturated heterocycles. The van der Waals surface area contributed by atoms with Crippen LogP contribution in [0.4, 0.5) is 0 Å². The third kappa shape index (κ3) is 2.00. The summed E-state index contributed by atoms with van der Waals surface area (Å²) in [6.45, 7) is -0.0383. The van der Waals surface area contributed by atoms with E-state index in [1.807, 2.05) is 0 Å². The van der Waals surface area contributed by atoms with Crippen LogP contribution in [0, 0.1) is 22.0 Å². The van der Waals surface area contributed by atoms with Crippen molar-refractivity contribution in [2.75, 3.05) is 6.54 Å². The molecule has 1 fully saturated rings. The standard InChI is InChI=1S/C7H11NO3/c9-5-7-3-1-2-6(7)4-8(10)11/h5-7H,1-4H2. The van der Waals surface area contributed by atoms with Crippen LogP contribution >= 0.6 is 0 Å². The van der Waals surface area contributed by atoms with Crippen LogP contribution in [0.25, 0.3) is 0 Å². The fraction of sp³-hybridized carbons (Fsp3) is 0.857. The van der Waals surface area contributed by atoms with Gasteiger partial charge in [-0.3, -0.25) is 10.1 Å². The Morgan fingerprint density at radius 1 is 1.55 bits per heavy atom. The van der Waals surface area contributed by atoms with E-state index in [4.69, 9.17) is 0 Å². The van der Waals surface area contributed by atoms with E-state index in [1.165, 1.54) is 0 Å². The highest BCUT2D eigenvalue weighted by Crippen LogP contribution is 2.29. The van der Waals surface area contributed by atoms with E-state index in [2.05, 4.69) is 0 Å². The summed E-state index contributed by atoms with van der Waals surface area (Å²) in [5.41, 5.74) is 0. The van der Waals surface area contributed by atoms with E-state index in [0.717, 1.165) is 25.5 Å². The summed E-state index contributed by atoms with van der Waals surface area (Å²) in [6.07, 6.45) is 3.50. The SMILES string of the molecule is O=CC1CCCC1C[N+](=O)[O-]. The third-order valence-electron chi connectivity index (χ3n) is 2.28. The smallest absolute Gasteiger partial charge is 0.207 e. The molecule has 0 spiro atoms. The van der Waals surface area contributed by atoms with Gasteiger partial charge in [-0.05, 0) is 12.8 Å². The van der Waals surface area contributed by atoms with E-state index in [9.17, 15) is 14.9 Å². The van der Waals surface area contributed by atoms with Crippen molar-refractivity contribution in [2.24, 2.45) is 11.8 Å². The summed E-state index contributed by atoms with van der Waals surface area (Å²) >= 11 is 0. The summed E-state index contributed by atoms with van der Waals surface area (Å²) in [7, 11) is 0. The molecule has 0 amide bonds. The molecular weight excluding hydrogens is 146 g/mol. The highest BCUT2D eigenvalue weighted by atomic mass is 16.6. The molecule has 2 unspecified atom stereocenters. The summed E-state index contributed by atoms with van der Waals surface area (Å²) in [6, 6.07) is 0. The largest absolute Gasteiger partial charge is 0.303 e. The van der Waals surface area contributed by atoms with Gasteiger partial charge in [-0.1, -0.05) is 6.42 Å². The minimum absolute atomic E-state index is 0.00231. The van der Waals surface area contributed by atoms with Crippen LogP contribution in [-0.4, -0.2) is 17.8 Å². The third-order valence-corrected chi connectivity index (χ3v) is 2.28. The molecule has 1 aliphatic carbocycles. The molecule has 0 heterocycles. The van der Waals surface area contributed by atoms with E-state index >= 15 is 0 Å². The van der Waals surface area contributed by atoms with Gasteiger partial charge in [-0.2, -0.15) is 0 Å². The van der Waals surface area contributed by atoms with Crippen molar-refractivity contribution in [2.45, 2.75) is 19.3 Å². The number of carbonyl (C=O) groups is 1. The first-order valence-corrected chi connectivity index (χ1v) is 3.81. The Bertz CT molecular complexity index is 169. The highest BCUT2D eigenvalue weighted by molar-refractivity contribution is 5.54. The lowest BCUT2D eigenvalue weighted by molar-refractivity contribution is -0.488. The second-order valence-electron chi connectivity index (χ2n) is 3.01. The van der Waals surface area contributed by atoms with Crippen LogP contribution in [0.5, 0.6) is 0 Å². The Kier molecular flexibility index (Phi) is 2.57. The minimum Gasteiger partial charge on any atom is -0.303 e. The monoisotopic (exact) mass is 157 g/mol. The molecule has 4 nitrogen and oxygen atoms in total. The molecule has 0 N–H and O–H groups in total. The molecule has 0 radical (unpaired) electrons. The number of nitrogens with zero attached hydrogens (tertiary/aromatic N) is 1. The molecule has 62 valence electrons. The molecule has 0 aromatic carbocycles. The average molecular weight is 157 g/mol. The molecule has 0 aliphatic heterocycles. The fourth-order valence-electron chi connectivity index (χ4n) is 1.66. The van der Waals surface area contributed by atoms with Crippen molar-refractivity contribution in [1.29, 1.82) is 0 Å². The van der Waals surface area contributed by atoms with Gasteiger partial charge in [-0.15, -0.1) is 0 Å². The van der Waals surface area contributed by atoms with Crippen molar-refractivity contribution in [3.8, 4) is 0 Å². The first-order chi connectivity index (χ1) is 5.24. The van der Waals surface area contributed by atoms with Gasteiger partial charge < -0.3 is 4.79 Å². The predicted octanol–water partition coefficient (Wildman–Crippen LogP) is 0.878. The van der Waals surface area contributed by atoms with Gasteiger partial charge >= 0.3 is 0 Å². The summed E-state index contributed by atoms with van der Waals surface area (Å²) in [5.74, 6) is -0.0529. The maximum atomic E-state index is 10.4. The van der Waals surface area contributed by atoms with E-state index in [-0.39, 0.29) is 23.3 Å². The fourth-order valence-corrected chi connectivity index (χ4v) is 1.66. The van der Waals surface area contributed by atoms with Crippen molar-refractivity contribution in [1.82, 2.24) is 0 Å². The molecule has 1 rings (SSSR count). The van der Waals surface area contributed by atoms with Gasteiger partial charge in [0.05, 0.1) is 0 Å². The van der Waals surface area contributed by atoms with Crippen LogP contribution in [0.15, 0.2) is 0 Å². The first kappa shape index (κ1) is 8.17. The Balaban J connectivity index is 2.43. The van der Waals surface area contributed by atoms with E-state index < -0.39 is 0 Å². The Morgan fingerprint density at radius 3 is 2.82 bits per heavy atom. The zero-order valence-electron chi connectivity index (χ0n) is 6.23. The first-order valence-electron chi connectivity index (χ1n) is 3.81. The summed E-state index contributed by atoms with van der Waals surface area (Å²) in [5, 5.41) is 10.1. The molecule has 2 atom stereocenters. The number of hydrogen-bond acceptors (Lipinski definition) is 3. The van der Waals surface area contributed by atoms with Crippen molar-refractivity contribution in [3.05, 3.63) is 10.1 Å². The second kappa shape index (κ2) is 3.46. The van der Waals surface area contributed by atoms with E-state index in [1.54, 1.807) is 0 Å². The molecule has 0 aromatic heterocycles. The lowest BCUT2D eigenvalue weighted by atomic mass is 9.98. The lowest BCUT2D eigenvalue weighted by Gasteiger charge is -2.07. The Morgan fingerprint density at radius 2 is 2.27 bits per heavy atom. The van der Waals surface area contributed by atoms with Gasteiger partial charge in [0.2, 0.25) is 6.54 Å². The molecular formula is C7H11NO3. The van der Waals surface area contributed by atoms with Gasteiger partial charge in [-0.25, -0.2) is 0 Å². The molecule has 1 aliphatic rings. The van der Waals surface area contributed by atoms with Gasteiger partial charge in [0.25, 0.3) is 0 Å². The van der Waals surface area contributed by atoms with E-state index in [0.29, 0.717) is 0 Å². The normalized spacial score (nSPS) is 30.2. The number of hydrogen-bond donors (Lipinski definition) is 0. The second-order valence-corrected chi connectivity index (χ2v) is 3.01. The van der Waals surface area contributed by atoms with Gasteiger partial charge in [0.1, 0.15) is 6.29 Å². The number of carbonyl (C=O) groups excluding carboxylic acids is 1. The minimum atomic E-state index is -0.327. The zero-order chi connectivity index (χ0) is 8.27. The molecule has 0 bridgehead atoms. The number of nitro groups is 1. The van der Waals surface area contributed by atoms with Crippen molar-refractivity contribution < 1.29 is 9.72 Å². The number of rotatable bonds is 3. The predicted molar refractivity (Wildman–Crippen MR) is 38.8 cm³/mol. The van der Waals surface area contributed by atoms with Gasteiger partial charge in [0, 0.05) is 16.8 Å². The quantitative estimate of drug-likeness (QED) is 0.347. The van der Waals surface area contributed by atoms with Crippen LogP contribution in [0.3, 0.4) is 0 Å². The maximum Gasteiger partial charge on any atom is 0.207 e.